The van der Waals surface area contributed by atoms with E-state index in [1.807, 2.05) is 13.8 Å². The summed E-state index contributed by atoms with van der Waals surface area (Å²) in [6, 6.07) is 0. The molecule has 0 radical (unpaired) electrons. The van der Waals surface area contributed by atoms with Gasteiger partial charge in [0, 0.05) is 12.8 Å². The lowest BCUT2D eigenvalue weighted by molar-refractivity contribution is -0.141. The minimum Gasteiger partial charge on any atom is -0.469 e. The van der Waals surface area contributed by atoms with Crippen LogP contribution in [-0.4, -0.2) is 58.5 Å². The molecular weight excluding hydrogens is 506 g/mol. The van der Waals surface area contributed by atoms with Crippen LogP contribution in [-0.2, 0) is 14.3 Å². The minimum absolute atomic E-state index is 0.00298. The van der Waals surface area contributed by atoms with Crippen molar-refractivity contribution in [3.05, 3.63) is 35.5 Å². The summed E-state index contributed by atoms with van der Waals surface area (Å²) in [5.74, 6) is 1.61. The Bertz CT molecular complexity index is 916. The first kappa shape index (κ1) is 34.4. The second-order valence-electron chi connectivity index (χ2n) is 13.2. The van der Waals surface area contributed by atoms with E-state index >= 15 is 0 Å². The first-order valence-corrected chi connectivity index (χ1v) is 15.2. The lowest BCUT2D eigenvalue weighted by Crippen LogP contribution is -2.36. The number of ether oxygens (including phenoxy) is 1. The maximum absolute atomic E-state index is 10.5. The zero-order valence-electron chi connectivity index (χ0n) is 25.6. The molecular formula is C33H55NO6. The normalized spacial score (nSPS) is 31.4. The maximum Gasteiger partial charge on any atom is 0.305 e. The second-order valence-corrected chi connectivity index (χ2v) is 13.2. The predicted octanol–water partition coefficient (Wildman–Crippen LogP) is 5.17. The molecule has 228 valence electrons. The van der Waals surface area contributed by atoms with Crippen molar-refractivity contribution in [1.82, 2.24) is 0 Å². The van der Waals surface area contributed by atoms with Gasteiger partial charge in [-0.1, -0.05) is 51.0 Å². The molecule has 0 unspecified atom stereocenters. The molecule has 3 saturated carbocycles. The van der Waals surface area contributed by atoms with Gasteiger partial charge in [0.25, 0.3) is 0 Å². The topological polar surface area (TPSA) is 130 Å². The first-order valence-electron chi connectivity index (χ1n) is 15.2. The zero-order valence-corrected chi connectivity index (χ0v) is 25.6. The maximum atomic E-state index is 10.5. The summed E-state index contributed by atoms with van der Waals surface area (Å²) >= 11 is 0. The van der Waals surface area contributed by atoms with Gasteiger partial charge in [-0.3, -0.25) is 9.59 Å². The van der Waals surface area contributed by atoms with Crippen LogP contribution in [0.15, 0.2) is 35.5 Å². The number of Topliss-reactive ketones (excluding diaryl/α,β-unsaturated/α-hetero) is 1. The molecule has 0 aromatic heterocycles. The summed E-state index contributed by atoms with van der Waals surface area (Å²) in [5, 5.41) is 30.2. The van der Waals surface area contributed by atoms with Gasteiger partial charge in [-0.25, -0.2) is 0 Å². The van der Waals surface area contributed by atoms with Crippen LogP contribution in [0.4, 0.5) is 0 Å². The molecule has 5 N–H and O–H groups in total. The second kappa shape index (κ2) is 15.4. The Hall–Kier alpha value is -1.80. The van der Waals surface area contributed by atoms with Crippen LogP contribution in [0, 0.1) is 23.2 Å². The van der Waals surface area contributed by atoms with Gasteiger partial charge < -0.3 is 25.8 Å². The fraction of sp³-hybridized carbons (Fsp3) is 0.758. The number of aliphatic hydroxyl groups is 3. The van der Waals surface area contributed by atoms with Gasteiger partial charge in [0.2, 0.25) is 0 Å². The van der Waals surface area contributed by atoms with Gasteiger partial charge in [-0.05, 0) is 93.1 Å². The van der Waals surface area contributed by atoms with Gasteiger partial charge in [0.15, 0.2) is 0 Å². The van der Waals surface area contributed by atoms with Crippen LogP contribution >= 0.6 is 0 Å². The Morgan fingerprint density at radius 3 is 2.55 bits per heavy atom. The molecule has 0 saturated heterocycles. The van der Waals surface area contributed by atoms with Crippen molar-refractivity contribution in [1.29, 1.82) is 0 Å². The number of nitrogens with two attached hydrogens (primary N) is 1. The van der Waals surface area contributed by atoms with Crippen molar-refractivity contribution < 1.29 is 29.6 Å². The lowest BCUT2D eigenvalue weighted by atomic mass is 9.60. The van der Waals surface area contributed by atoms with E-state index in [1.165, 1.54) is 45.6 Å². The van der Waals surface area contributed by atoms with Crippen molar-refractivity contribution in [2.45, 2.75) is 123 Å². The molecule has 3 fully saturated rings. The predicted molar refractivity (Wildman–Crippen MR) is 159 cm³/mol. The van der Waals surface area contributed by atoms with E-state index in [2.05, 4.69) is 37.3 Å². The molecule has 40 heavy (non-hydrogen) atoms. The highest BCUT2D eigenvalue weighted by Gasteiger charge is 2.50. The molecule has 7 heteroatoms. The zero-order chi connectivity index (χ0) is 30.1. The molecule has 6 atom stereocenters. The number of ketones is 1. The molecule has 0 aliphatic heterocycles. The number of hydrogen-bond acceptors (Lipinski definition) is 7. The molecule has 0 bridgehead atoms. The van der Waals surface area contributed by atoms with Gasteiger partial charge in [0.05, 0.1) is 37.9 Å². The summed E-state index contributed by atoms with van der Waals surface area (Å²) in [5.41, 5.74) is 8.17. The van der Waals surface area contributed by atoms with Gasteiger partial charge >= 0.3 is 5.97 Å². The largest absolute Gasteiger partial charge is 0.469 e. The van der Waals surface area contributed by atoms with Crippen molar-refractivity contribution in [2.75, 3.05) is 13.7 Å². The van der Waals surface area contributed by atoms with E-state index in [1.54, 1.807) is 5.57 Å². The number of carbonyl (C=O) groups is 2. The van der Waals surface area contributed by atoms with E-state index in [0.29, 0.717) is 30.1 Å². The van der Waals surface area contributed by atoms with Crippen LogP contribution in [0.2, 0.25) is 0 Å². The molecule has 7 nitrogen and oxygen atoms in total. The van der Waals surface area contributed by atoms with Gasteiger partial charge in [-0.2, -0.15) is 0 Å². The van der Waals surface area contributed by atoms with Crippen LogP contribution in [0.5, 0.6) is 0 Å². The number of aliphatic hydroxyl groups excluding tert-OH is 2. The molecule has 3 aliphatic carbocycles. The summed E-state index contributed by atoms with van der Waals surface area (Å²) in [4.78, 5) is 20.9. The van der Waals surface area contributed by atoms with Crippen LogP contribution < -0.4 is 5.73 Å². The van der Waals surface area contributed by atoms with E-state index in [9.17, 15) is 24.9 Å². The Morgan fingerprint density at radius 1 is 1.23 bits per heavy atom. The Labute approximate surface area is 241 Å². The summed E-state index contributed by atoms with van der Waals surface area (Å²) in [6.07, 6.45) is 14.2. The highest BCUT2D eigenvalue weighted by molar-refractivity contribution is 5.84. The van der Waals surface area contributed by atoms with Crippen LogP contribution in [0.3, 0.4) is 0 Å². The highest BCUT2D eigenvalue weighted by Crippen LogP contribution is 2.60. The fourth-order valence-corrected chi connectivity index (χ4v) is 7.18. The SMILES string of the molecule is C=C1/C(=C/C=C2\CCC[C@]3(C)[C@@H]2CC[C@@H]3[C@H](C)CCCC(C)(C)O)C[C@@H](O)C[C@@H]1O.COC(=O)CCC(=O)CN. The average molecular weight is 562 g/mol. The quantitative estimate of drug-likeness (QED) is 0.271. The average Bonchev–Trinajstić information content (AvgIpc) is 3.25. The number of hydrogen-bond donors (Lipinski definition) is 4. The van der Waals surface area contributed by atoms with Crippen molar-refractivity contribution in [3.8, 4) is 0 Å². The Balaban J connectivity index is 0.000000478. The number of allylic oxidation sites excluding steroid dienone is 3. The van der Waals surface area contributed by atoms with Gasteiger partial charge in [0.1, 0.15) is 5.78 Å². The molecule has 0 aromatic carbocycles. The monoisotopic (exact) mass is 561 g/mol. The van der Waals surface area contributed by atoms with Gasteiger partial charge in [-0.15, -0.1) is 0 Å². The third-order valence-electron chi connectivity index (χ3n) is 9.50. The molecule has 0 amide bonds. The van der Waals surface area contributed by atoms with E-state index in [-0.39, 0.29) is 31.1 Å². The van der Waals surface area contributed by atoms with Crippen molar-refractivity contribution in [3.63, 3.8) is 0 Å². The van der Waals surface area contributed by atoms with E-state index in [4.69, 9.17) is 5.73 Å². The third kappa shape index (κ3) is 9.93. The summed E-state index contributed by atoms with van der Waals surface area (Å²) < 4.78 is 4.31. The summed E-state index contributed by atoms with van der Waals surface area (Å²) in [6.45, 7) is 12.8. The molecule has 0 spiro atoms. The highest BCUT2D eigenvalue weighted by atomic mass is 16.5. The number of fused-ring (bicyclic) bond motifs is 1. The fourth-order valence-electron chi connectivity index (χ4n) is 7.18. The first-order chi connectivity index (χ1) is 18.7. The van der Waals surface area contributed by atoms with Crippen LogP contribution in [0.25, 0.3) is 0 Å². The van der Waals surface area contributed by atoms with E-state index < -0.39 is 17.8 Å². The summed E-state index contributed by atoms with van der Waals surface area (Å²) in [7, 11) is 1.29. The molecule has 3 aliphatic rings. The number of esters is 1. The third-order valence-corrected chi connectivity index (χ3v) is 9.50. The van der Waals surface area contributed by atoms with E-state index in [0.717, 1.165) is 29.9 Å². The minimum atomic E-state index is -0.615. The number of methoxy groups -OCH3 is 1. The van der Waals surface area contributed by atoms with Crippen LogP contribution in [0.1, 0.15) is 105 Å². The smallest absolute Gasteiger partial charge is 0.305 e. The number of carbonyl (C=O) groups excluding carboxylic acids is 2. The Kier molecular flexibility index (Phi) is 13.3. The van der Waals surface area contributed by atoms with Crippen molar-refractivity contribution in [2.24, 2.45) is 28.9 Å². The van der Waals surface area contributed by atoms with Crippen molar-refractivity contribution >= 4 is 11.8 Å². The molecule has 0 heterocycles. The molecule has 3 rings (SSSR count). The number of rotatable bonds is 10. The molecule has 0 aromatic rings. The standard InChI is InChI=1S/C27H44O3.C6H11NO3/c1-18(8-6-14-26(3,4)30)23-12-13-24-20(9-7-15-27(23,24)5)10-11-21-16-22(28)17-25(29)19(21)2;1-10-6(9)3-2-5(8)4-7/h10-11,18,22-25,28-30H,2,6-9,12-17H2,1,3-5H3;2-4,7H2,1H3/b20-10+,21-11+;/t18-,22-,23-,24-,25+,27+;/m1./s1. The Morgan fingerprint density at radius 2 is 1.93 bits per heavy atom. The lowest BCUT2D eigenvalue weighted by Gasteiger charge is -2.44.